The van der Waals surface area contributed by atoms with Gasteiger partial charge < -0.3 is 14.6 Å². The number of carbonyl (C=O) groups is 2. The summed E-state index contributed by atoms with van der Waals surface area (Å²) < 4.78 is 5.86. The van der Waals surface area contributed by atoms with E-state index in [1.807, 2.05) is 31.2 Å². The Morgan fingerprint density at radius 1 is 1.22 bits per heavy atom. The number of furan rings is 1. The normalized spacial score (nSPS) is 10.7. The Balaban J connectivity index is 1.86. The van der Waals surface area contributed by atoms with Gasteiger partial charge in [-0.25, -0.2) is 0 Å². The highest BCUT2D eigenvalue weighted by molar-refractivity contribution is 9.10. The van der Waals surface area contributed by atoms with Crippen molar-refractivity contribution in [2.75, 3.05) is 18.9 Å². The molecule has 0 fully saturated rings. The number of aryl methyl sites for hydroxylation is 1. The number of nitrogens with zero attached hydrogens (tertiary/aromatic N) is 1. The monoisotopic (exact) mass is 376 g/mol. The highest BCUT2D eigenvalue weighted by atomic mass is 79.9. The van der Waals surface area contributed by atoms with Crippen LogP contribution >= 0.6 is 15.9 Å². The van der Waals surface area contributed by atoms with Gasteiger partial charge in [0.05, 0.1) is 6.54 Å². The summed E-state index contributed by atoms with van der Waals surface area (Å²) in [6, 6.07) is 10.9. The van der Waals surface area contributed by atoms with E-state index >= 15 is 0 Å². The summed E-state index contributed by atoms with van der Waals surface area (Å²) in [6.07, 6.45) is 2.92. The average molecular weight is 377 g/mol. The number of carbonyl (C=O) groups excluding carboxylic acids is 2. The minimum atomic E-state index is -0.281. The molecule has 1 N–H and O–H groups in total. The Morgan fingerprint density at radius 2 is 1.91 bits per heavy atom. The van der Waals surface area contributed by atoms with Crippen molar-refractivity contribution in [2.24, 2.45) is 0 Å². The number of rotatable bonds is 5. The van der Waals surface area contributed by atoms with Gasteiger partial charge in [0.15, 0.2) is 4.67 Å². The van der Waals surface area contributed by atoms with Gasteiger partial charge >= 0.3 is 0 Å². The van der Waals surface area contributed by atoms with Crippen LogP contribution in [0.3, 0.4) is 0 Å². The molecular weight excluding hydrogens is 360 g/mol. The maximum Gasteiger partial charge on any atom is 0.246 e. The van der Waals surface area contributed by atoms with Crippen LogP contribution in [0.4, 0.5) is 5.69 Å². The van der Waals surface area contributed by atoms with Gasteiger partial charge in [0.25, 0.3) is 0 Å². The Kier molecular flexibility index (Phi) is 5.76. The van der Waals surface area contributed by atoms with E-state index in [4.69, 9.17) is 4.42 Å². The Morgan fingerprint density at radius 3 is 2.52 bits per heavy atom. The molecule has 0 atom stereocenters. The summed E-state index contributed by atoms with van der Waals surface area (Å²) in [4.78, 5) is 25.2. The zero-order valence-electron chi connectivity index (χ0n) is 12.9. The molecule has 1 aromatic carbocycles. The molecular formula is C17H17BrN2O3. The van der Waals surface area contributed by atoms with Gasteiger partial charge in [0, 0.05) is 18.8 Å². The number of anilines is 1. The Bertz CT molecular complexity index is 720. The molecule has 0 spiro atoms. The van der Waals surface area contributed by atoms with Crippen LogP contribution in [-0.4, -0.2) is 30.3 Å². The Labute approximate surface area is 143 Å². The van der Waals surface area contributed by atoms with E-state index in [0.717, 1.165) is 5.56 Å². The second kappa shape index (κ2) is 7.78. The van der Waals surface area contributed by atoms with Crippen LogP contribution in [0.1, 0.15) is 11.3 Å². The van der Waals surface area contributed by atoms with E-state index in [0.29, 0.717) is 16.1 Å². The first-order valence-electron chi connectivity index (χ1n) is 6.99. The first-order valence-corrected chi connectivity index (χ1v) is 7.78. The first kappa shape index (κ1) is 17.0. The second-order valence-corrected chi connectivity index (χ2v) is 5.87. The molecule has 6 heteroatoms. The topological polar surface area (TPSA) is 62.6 Å². The molecule has 0 aliphatic heterocycles. The fourth-order valence-corrected chi connectivity index (χ4v) is 2.15. The molecule has 0 aliphatic rings. The molecule has 0 unspecified atom stereocenters. The van der Waals surface area contributed by atoms with Crippen LogP contribution < -0.4 is 5.32 Å². The minimum Gasteiger partial charge on any atom is -0.450 e. The van der Waals surface area contributed by atoms with Crippen molar-refractivity contribution in [3.8, 4) is 0 Å². The van der Waals surface area contributed by atoms with Crippen molar-refractivity contribution >= 4 is 39.5 Å². The van der Waals surface area contributed by atoms with Crippen molar-refractivity contribution in [1.82, 2.24) is 4.90 Å². The predicted molar refractivity (Wildman–Crippen MR) is 92.9 cm³/mol. The van der Waals surface area contributed by atoms with Crippen molar-refractivity contribution < 1.29 is 14.0 Å². The lowest BCUT2D eigenvalue weighted by molar-refractivity contribution is -0.129. The molecule has 0 aliphatic carbocycles. The zero-order valence-corrected chi connectivity index (χ0v) is 14.5. The summed E-state index contributed by atoms with van der Waals surface area (Å²) in [5.74, 6) is 0.0261. The van der Waals surface area contributed by atoms with E-state index in [9.17, 15) is 9.59 Å². The fourth-order valence-electron chi connectivity index (χ4n) is 1.83. The summed E-state index contributed by atoms with van der Waals surface area (Å²) in [7, 11) is 1.57. The third-order valence-corrected chi connectivity index (χ3v) is 3.50. The Hall–Kier alpha value is -2.34. The van der Waals surface area contributed by atoms with Crippen molar-refractivity contribution in [3.63, 3.8) is 0 Å². The van der Waals surface area contributed by atoms with E-state index in [2.05, 4.69) is 21.2 Å². The van der Waals surface area contributed by atoms with Crippen LogP contribution in [0.2, 0.25) is 0 Å². The summed E-state index contributed by atoms with van der Waals surface area (Å²) in [5, 5.41) is 2.75. The standard InChI is InChI=1S/C17H17BrN2O3/c1-12-3-5-13(6-4-12)19-16(21)11-20(2)17(22)10-8-14-7-9-15(18)23-14/h3-10H,11H2,1-2H3,(H,19,21)/b10-8+. The molecule has 5 nitrogen and oxygen atoms in total. The predicted octanol–water partition coefficient (Wildman–Crippen LogP) is 3.46. The maximum atomic E-state index is 12.0. The van der Waals surface area contributed by atoms with Crippen LogP contribution in [0.25, 0.3) is 6.08 Å². The van der Waals surface area contributed by atoms with Crippen LogP contribution in [-0.2, 0) is 9.59 Å². The number of benzene rings is 1. The maximum absolute atomic E-state index is 12.0. The van der Waals surface area contributed by atoms with Gasteiger partial charge in [-0.3, -0.25) is 9.59 Å². The molecule has 1 aromatic heterocycles. The molecule has 1 heterocycles. The average Bonchev–Trinajstić information content (AvgIpc) is 2.92. The largest absolute Gasteiger partial charge is 0.450 e. The fraction of sp³-hybridized carbons (Fsp3) is 0.176. The highest BCUT2D eigenvalue weighted by Gasteiger charge is 2.11. The van der Waals surface area contributed by atoms with Gasteiger partial charge in [0.2, 0.25) is 11.8 Å². The minimum absolute atomic E-state index is 0.0289. The molecule has 0 radical (unpaired) electrons. The number of hydrogen-bond donors (Lipinski definition) is 1. The lowest BCUT2D eigenvalue weighted by Gasteiger charge is -2.14. The summed E-state index contributed by atoms with van der Waals surface area (Å²) >= 11 is 3.19. The molecule has 0 saturated heterocycles. The van der Waals surface area contributed by atoms with Gasteiger partial charge in [-0.05, 0) is 53.2 Å². The van der Waals surface area contributed by atoms with E-state index in [-0.39, 0.29) is 18.4 Å². The van der Waals surface area contributed by atoms with Gasteiger partial charge in [0.1, 0.15) is 5.76 Å². The molecule has 0 bridgehead atoms. The first-order chi connectivity index (χ1) is 10.9. The third kappa shape index (κ3) is 5.41. The van der Waals surface area contributed by atoms with E-state index in [1.165, 1.54) is 11.0 Å². The molecule has 2 rings (SSSR count). The third-order valence-electron chi connectivity index (χ3n) is 3.08. The van der Waals surface area contributed by atoms with Gasteiger partial charge in [-0.1, -0.05) is 17.7 Å². The number of amides is 2. The lowest BCUT2D eigenvalue weighted by Crippen LogP contribution is -2.33. The summed E-state index contributed by atoms with van der Waals surface area (Å²) in [6.45, 7) is 1.95. The van der Waals surface area contributed by atoms with Crippen LogP contribution in [0.5, 0.6) is 0 Å². The van der Waals surface area contributed by atoms with Gasteiger partial charge in [-0.15, -0.1) is 0 Å². The van der Waals surface area contributed by atoms with E-state index < -0.39 is 0 Å². The second-order valence-electron chi connectivity index (χ2n) is 5.08. The van der Waals surface area contributed by atoms with Crippen molar-refractivity contribution in [1.29, 1.82) is 0 Å². The SMILES string of the molecule is Cc1ccc(NC(=O)CN(C)C(=O)/C=C/c2ccc(Br)o2)cc1. The number of halogens is 1. The summed E-state index contributed by atoms with van der Waals surface area (Å²) in [5.41, 5.74) is 1.82. The molecule has 120 valence electrons. The molecule has 23 heavy (non-hydrogen) atoms. The van der Waals surface area contributed by atoms with Crippen molar-refractivity contribution in [3.05, 3.63) is 58.5 Å². The smallest absolute Gasteiger partial charge is 0.246 e. The lowest BCUT2D eigenvalue weighted by atomic mass is 10.2. The zero-order chi connectivity index (χ0) is 16.8. The molecule has 2 aromatic rings. The number of nitrogens with one attached hydrogen (secondary N) is 1. The number of likely N-dealkylation sites (N-methyl/N-ethyl adjacent to an activating group) is 1. The van der Waals surface area contributed by atoms with E-state index in [1.54, 1.807) is 25.3 Å². The highest BCUT2D eigenvalue weighted by Crippen LogP contribution is 2.15. The van der Waals surface area contributed by atoms with Crippen LogP contribution in [0, 0.1) is 6.92 Å². The molecule has 0 saturated carbocycles. The quantitative estimate of drug-likeness (QED) is 0.812. The van der Waals surface area contributed by atoms with Gasteiger partial charge in [-0.2, -0.15) is 0 Å². The molecule has 2 amide bonds. The number of hydrogen-bond acceptors (Lipinski definition) is 3. The van der Waals surface area contributed by atoms with Crippen molar-refractivity contribution in [2.45, 2.75) is 6.92 Å². The van der Waals surface area contributed by atoms with Crippen LogP contribution in [0.15, 0.2) is 51.6 Å².